The summed E-state index contributed by atoms with van der Waals surface area (Å²) in [4.78, 5) is 25.6. The number of hydrogen-bond acceptors (Lipinski definition) is 5. The Balaban J connectivity index is 1.89. The molecule has 0 unspecified atom stereocenters. The highest BCUT2D eigenvalue weighted by Gasteiger charge is 2.11. The molecule has 2 aromatic rings. The zero-order valence-corrected chi connectivity index (χ0v) is 12.9. The summed E-state index contributed by atoms with van der Waals surface area (Å²) in [7, 11) is 3.74. The van der Waals surface area contributed by atoms with E-state index in [1.807, 2.05) is 25.1 Å². The van der Waals surface area contributed by atoms with Gasteiger partial charge in [-0.2, -0.15) is 0 Å². The largest absolute Gasteiger partial charge is 0.508 e. The van der Waals surface area contributed by atoms with Gasteiger partial charge in [-0.3, -0.25) is 4.79 Å². The second-order valence-electron chi connectivity index (χ2n) is 5.12. The van der Waals surface area contributed by atoms with Crippen molar-refractivity contribution >= 4 is 23.3 Å². The van der Waals surface area contributed by atoms with Crippen LogP contribution in [0.15, 0.2) is 48.5 Å². The fraction of sp³-hybridized carbons (Fsp3) is 0.176. The number of carbonyl (C=O) groups is 2. The lowest BCUT2D eigenvalue weighted by Gasteiger charge is -2.13. The van der Waals surface area contributed by atoms with E-state index < -0.39 is 11.9 Å². The van der Waals surface area contributed by atoms with Crippen molar-refractivity contribution in [1.29, 1.82) is 0 Å². The van der Waals surface area contributed by atoms with Crippen molar-refractivity contribution in [2.45, 2.75) is 0 Å². The second kappa shape index (κ2) is 7.31. The first-order chi connectivity index (χ1) is 11.0. The molecule has 2 rings (SSSR count). The number of nitrogens with one attached hydrogen (secondary N) is 1. The highest BCUT2D eigenvalue weighted by atomic mass is 16.5. The third-order valence-corrected chi connectivity index (χ3v) is 3.08. The smallest absolute Gasteiger partial charge is 0.338 e. The molecule has 0 aromatic heterocycles. The topological polar surface area (TPSA) is 78.9 Å². The second-order valence-corrected chi connectivity index (χ2v) is 5.12. The highest BCUT2D eigenvalue weighted by Crippen LogP contribution is 2.15. The van der Waals surface area contributed by atoms with Gasteiger partial charge in [-0.1, -0.05) is 6.07 Å². The zero-order chi connectivity index (χ0) is 16.8. The summed E-state index contributed by atoms with van der Waals surface area (Å²) in [6.45, 7) is -0.383. The van der Waals surface area contributed by atoms with Crippen molar-refractivity contribution in [2.24, 2.45) is 0 Å². The number of aromatic hydroxyl groups is 1. The summed E-state index contributed by atoms with van der Waals surface area (Å²) in [5, 5.41) is 11.7. The van der Waals surface area contributed by atoms with Gasteiger partial charge in [-0.05, 0) is 42.5 Å². The Hall–Kier alpha value is -3.02. The van der Waals surface area contributed by atoms with E-state index in [4.69, 9.17) is 9.84 Å². The quantitative estimate of drug-likeness (QED) is 0.654. The number of amides is 1. The highest BCUT2D eigenvalue weighted by molar-refractivity contribution is 5.95. The average Bonchev–Trinajstić information content (AvgIpc) is 2.55. The number of esters is 1. The molecule has 0 aliphatic rings. The van der Waals surface area contributed by atoms with Crippen LogP contribution >= 0.6 is 0 Å². The Morgan fingerprint density at radius 3 is 2.48 bits per heavy atom. The fourth-order valence-corrected chi connectivity index (χ4v) is 1.87. The first kappa shape index (κ1) is 16.4. The number of rotatable bonds is 5. The SMILES string of the molecule is CN(C)c1cccc(C(=O)OCC(=O)Nc2ccc(O)cc2)c1. The zero-order valence-electron chi connectivity index (χ0n) is 12.9. The maximum atomic E-state index is 12.0. The Labute approximate surface area is 134 Å². The average molecular weight is 314 g/mol. The molecule has 0 aliphatic carbocycles. The number of anilines is 2. The van der Waals surface area contributed by atoms with Gasteiger partial charge in [0.2, 0.25) is 0 Å². The van der Waals surface area contributed by atoms with Gasteiger partial charge in [-0.15, -0.1) is 0 Å². The molecule has 1 amide bonds. The third kappa shape index (κ3) is 4.74. The summed E-state index contributed by atoms with van der Waals surface area (Å²) in [5.74, 6) is -0.905. The van der Waals surface area contributed by atoms with Crippen LogP contribution in [0.4, 0.5) is 11.4 Å². The molecule has 2 aromatic carbocycles. The van der Waals surface area contributed by atoms with E-state index in [1.54, 1.807) is 30.3 Å². The van der Waals surface area contributed by atoms with Crippen LogP contribution in [0, 0.1) is 0 Å². The molecular weight excluding hydrogens is 296 g/mol. The third-order valence-electron chi connectivity index (χ3n) is 3.08. The monoisotopic (exact) mass is 314 g/mol. The molecule has 0 fully saturated rings. The lowest BCUT2D eigenvalue weighted by molar-refractivity contribution is -0.119. The number of ether oxygens (including phenoxy) is 1. The Morgan fingerprint density at radius 1 is 1.13 bits per heavy atom. The molecule has 0 radical (unpaired) electrons. The standard InChI is InChI=1S/C17H18N2O4/c1-19(2)14-5-3-4-12(10-14)17(22)23-11-16(21)18-13-6-8-15(20)9-7-13/h3-10,20H,11H2,1-2H3,(H,18,21). The van der Waals surface area contributed by atoms with Crippen LogP contribution in [0.5, 0.6) is 5.75 Å². The molecule has 0 atom stereocenters. The maximum absolute atomic E-state index is 12.0. The lowest BCUT2D eigenvalue weighted by Crippen LogP contribution is -2.21. The van der Waals surface area contributed by atoms with Gasteiger partial charge in [0, 0.05) is 25.5 Å². The molecule has 0 bridgehead atoms. The van der Waals surface area contributed by atoms with Gasteiger partial charge in [0.15, 0.2) is 6.61 Å². The summed E-state index contributed by atoms with van der Waals surface area (Å²) in [6.07, 6.45) is 0. The fourth-order valence-electron chi connectivity index (χ4n) is 1.87. The van der Waals surface area contributed by atoms with Crippen LogP contribution in [-0.4, -0.2) is 37.7 Å². The number of benzene rings is 2. The van der Waals surface area contributed by atoms with Gasteiger partial charge >= 0.3 is 5.97 Å². The minimum absolute atomic E-state index is 0.107. The number of phenols is 1. The minimum atomic E-state index is -0.561. The van der Waals surface area contributed by atoms with Crippen molar-refractivity contribution in [3.63, 3.8) is 0 Å². The van der Waals surface area contributed by atoms with Gasteiger partial charge in [0.1, 0.15) is 5.75 Å². The molecule has 2 N–H and O–H groups in total. The Morgan fingerprint density at radius 2 is 1.83 bits per heavy atom. The number of carbonyl (C=O) groups excluding carboxylic acids is 2. The van der Waals surface area contributed by atoms with Crippen molar-refractivity contribution in [1.82, 2.24) is 0 Å². The van der Waals surface area contributed by atoms with E-state index in [-0.39, 0.29) is 12.4 Å². The van der Waals surface area contributed by atoms with Gasteiger partial charge in [0.05, 0.1) is 5.56 Å². The van der Waals surface area contributed by atoms with Crippen molar-refractivity contribution in [2.75, 3.05) is 30.9 Å². The van der Waals surface area contributed by atoms with E-state index in [0.717, 1.165) is 5.69 Å². The lowest BCUT2D eigenvalue weighted by atomic mass is 10.2. The van der Waals surface area contributed by atoms with Crippen LogP contribution in [-0.2, 0) is 9.53 Å². The van der Waals surface area contributed by atoms with Crippen molar-refractivity contribution in [3.05, 3.63) is 54.1 Å². The molecule has 0 spiro atoms. The molecule has 120 valence electrons. The van der Waals surface area contributed by atoms with Crippen LogP contribution < -0.4 is 10.2 Å². The van der Waals surface area contributed by atoms with E-state index >= 15 is 0 Å². The first-order valence-electron chi connectivity index (χ1n) is 6.99. The van der Waals surface area contributed by atoms with Crippen molar-refractivity contribution < 1.29 is 19.4 Å². The summed E-state index contributed by atoms with van der Waals surface area (Å²) in [5.41, 5.74) is 1.76. The van der Waals surface area contributed by atoms with Gasteiger partial charge < -0.3 is 20.1 Å². The first-order valence-corrected chi connectivity index (χ1v) is 6.99. The summed E-state index contributed by atoms with van der Waals surface area (Å²) < 4.78 is 5.00. The molecule has 23 heavy (non-hydrogen) atoms. The summed E-state index contributed by atoms with van der Waals surface area (Å²) in [6, 6.07) is 13.0. The van der Waals surface area contributed by atoms with Crippen LogP contribution in [0.3, 0.4) is 0 Å². The van der Waals surface area contributed by atoms with Crippen LogP contribution in [0.25, 0.3) is 0 Å². The Bertz CT molecular complexity index is 696. The van der Waals surface area contributed by atoms with Gasteiger partial charge in [0.25, 0.3) is 5.91 Å². The predicted molar refractivity (Wildman–Crippen MR) is 87.8 cm³/mol. The number of phenolic OH excluding ortho intramolecular Hbond substituents is 1. The molecule has 6 nitrogen and oxygen atoms in total. The predicted octanol–water partition coefficient (Wildman–Crippen LogP) is 2.25. The molecule has 6 heteroatoms. The van der Waals surface area contributed by atoms with Gasteiger partial charge in [-0.25, -0.2) is 4.79 Å². The normalized spacial score (nSPS) is 10.0. The van der Waals surface area contributed by atoms with E-state index in [1.165, 1.54) is 12.1 Å². The molecule has 0 saturated carbocycles. The molecule has 0 saturated heterocycles. The number of hydrogen-bond donors (Lipinski definition) is 2. The van der Waals surface area contributed by atoms with Crippen LogP contribution in [0.1, 0.15) is 10.4 Å². The van der Waals surface area contributed by atoms with E-state index in [9.17, 15) is 9.59 Å². The summed E-state index contributed by atoms with van der Waals surface area (Å²) >= 11 is 0. The molecular formula is C17H18N2O4. The minimum Gasteiger partial charge on any atom is -0.508 e. The number of nitrogens with zero attached hydrogens (tertiary/aromatic N) is 1. The Kier molecular flexibility index (Phi) is 5.19. The van der Waals surface area contributed by atoms with Crippen LogP contribution in [0.2, 0.25) is 0 Å². The van der Waals surface area contributed by atoms with E-state index in [0.29, 0.717) is 11.3 Å². The van der Waals surface area contributed by atoms with Crippen molar-refractivity contribution in [3.8, 4) is 5.75 Å². The molecule has 0 heterocycles. The molecule has 0 aliphatic heterocycles. The maximum Gasteiger partial charge on any atom is 0.338 e. The van der Waals surface area contributed by atoms with E-state index in [2.05, 4.69) is 5.32 Å².